The minimum Gasteiger partial charge on any atom is -0.371 e. The van der Waals surface area contributed by atoms with E-state index in [1.165, 1.54) is 12.8 Å². The first-order valence-corrected chi connectivity index (χ1v) is 8.76. The normalized spacial score (nSPS) is 18.0. The Labute approximate surface area is 145 Å². The van der Waals surface area contributed by atoms with E-state index < -0.39 is 0 Å². The number of aromatic nitrogens is 2. The van der Waals surface area contributed by atoms with E-state index in [9.17, 15) is 4.79 Å². The van der Waals surface area contributed by atoms with Crippen molar-refractivity contribution in [1.29, 1.82) is 0 Å². The lowest BCUT2D eigenvalue weighted by molar-refractivity contribution is 0.0988. The van der Waals surface area contributed by atoms with Gasteiger partial charge in [-0.05, 0) is 52.9 Å². The molecule has 5 heteroatoms. The molecule has 1 aliphatic heterocycles. The molecule has 0 bridgehead atoms. The highest BCUT2D eigenvalue weighted by Gasteiger charge is 2.20. The number of hydrogen-bond donors (Lipinski definition) is 0. The molecule has 4 nitrogen and oxygen atoms in total. The predicted molar refractivity (Wildman–Crippen MR) is 94.8 cm³/mol. The van der Waals surface area contributed by atoms with Gasteiger partial charge < -0.3 is 4.90 Å². The van der Waals surface area contributed by atoms with Crippen LogP contribution in [0.2, 0.25) is 0 Å². The van der Waals surface area contributed by atoms with Crippen LogP contribution in [-0.4, -0.2) is 28.8 Å². The Morgan fingerprint density at radius 1 is 1.39 bits per heavy atom. The molecule has 1 atom stereocenters. The zero-order chi connectivity index (χ0) is 16.2. The maximum Gasteiger partial charge on any atom is 0.185 e. The van der Waals surface area contributed by atoms with Crippen LogP contribution in [0.4, 0.5) is 5.69 Å². The van der Waals surface area contributed by atoms with Gasteiger partial charge in [0.1, 0.15) is 10.3 Å². The van der Waals surface area contributed by atoms with Gasteiger partial charge in [0, 0.05) is 43.2 Å². The number of carbonyl (C=O) groups excluding carboxylic acids is 1. The van der Waals surface area contributed by atoms with Gasteiger partial charge in [-0.1, -0.05) is 13.0 Å². The highest BCUT2D eigenvalue weighted by molar-refractivity contribution is 9.10. The molecule has 0 spiro atoms. The number of anilines is 1. The van der Waals surface area contributed by atoms with E-state index in [1.807, 2.05) is 24.4 Å². The summed E-state index contributed by atoms with van der Waals surface area (Å²) in [5.74, 6) is 0.706. The molecule has 0 aliphatic carbocycles. The summed E-state index contributed by atoms with van der Waals surface area (Å²) >= 11 is 3.32. The van der Waals surface area contributed by atoms with Gasteiger partial charge in [-0.2, -0.15) is 0 Å². The van der Waals surface area contributed by atoms with E-state index in [2.05, 4.69) is 37.7 Å². The van der Waals surface area contributed by atoms with Gasteiger partial charge in [0.25, 0.3) is 0 Å². The van der Waals surface area contributed by atoms with E-state index in [1.54, 1.807) is 12.3 Å². The number of rotatable bonds is 4. The fourth-order valence-electron chi connectivity index (χ4n) is 3.10. The van der Waals surface area contributed by atoms with Crippen LogP contribution in [0.3, 0.4) is 0 Å². The Kier molecular flexibility index (Phi) is 5.06. The van der Waals surface area contributed by atoms with Crippen molar-refractivity contribution in [1.82, 2.24) is 9.97 Å². The van der Waals surface area contributed by atoms with Gasteiger partial charge in [-0.3, -0.25) is 9.78 Å². The van der Waals surface area contributed by atoms with Crippen molar-refractivity contribution >= 4 is 27.4 Å². The number of pyridine rings is 2. The molecule has 1 aliphatic rings. The summed E-state index contributed by atoms with van der Waals surface area (Å²) in [4.78, 5) is 23.4. The van der Waals surface area contributed by atoms with Gasteiger partial charge in [0.15, 0.2) is 5.78 Å². The summed E-state index contributed by atoms with van der Waals surface area (Å²) in [6, 6.07) is 7.43. The van der Waals surface area contributed by atoms with Crippen molar-refractivity contribution in [3.05, 3.63) is 52.5 Å². The minimum absolute atomic E-state index is 0.0191. The van der Waals surface area contributed by atoms with Crippen LogP contribution < -0.4 is 4.90 Å². The van der Waals surface area contributed by atoms with Gasteiger partial charge >= 0.3 is 0 Å². The maximum atomic E-state index is 12.5. The van der Waals surface area contributed by atoms with Crippen LogP contribution in [0.1, 0.15) is 35.8 Å². The minimum atomic E-state index is 0.0191. The summed E-state index contributed by atoms with van der Waals surface area (Å²) in [5, 5.41) is 0. The molecule has 0 unspecified atom stereocenters. The molecule has 23 heavy (non-hydrogen) atoms. The number of ketones is 1. The SMILES string of the molecule is C[C@H]1CCCN(c2ccncc2CC(=O)c2cccc(Br)n2)C1. The molecule has 0 amide bonds. The van der Waals surface area contributed by atoms with Crippen molar-refractivity contribution in [3.63, 3.8) is 0 Å². The molecule has 0 radical (unpaired) electrons. The summed E-state index contributed by atoms with van der Waals surface area (Å²) in [7, 11) is 0. The Bertz CT molecular complexity index is 704. The van der Waals surface area contributed by atoms with Crippen LogP contribution in [0.5, 0.6) is 0 Å². The molecule has 0 N–H and O–H groups in total. The molecule has 2 aromatic rings. The van der Waals surface area contributed by atoms with E-state index >= 15 is 0 Å². The largest absolute Gasteiger partial charge is 0.371 e. The van der Waals surface area contributed by atoms with E-state index in [4.69, 9.17) is 0 Å². The maximum absolute atomic E-state index is 12.5. The van der Waals surface area contributed by atoms with Crippen molar-refractivity contribution in [2.24, 2.45) is 5.92 Å². The summed E-state index contributed by atoms with van der Waals surface area (Å²) < 4.78 is 0.680. The quantitative estimate of drug-likeness (QED) is 0.602. The molecular weight excluding hydrogens is 354 g/mol. The number of carbonyl (C=O) groups is 1. The Morgan fingerprint density at radius 3 is 3.04 bits per heavy atom. The first kappa shape index (κ1) is 16.1. The first-order chi connectivity index (χ1) is 11.1. The van der Waals surface area contributed by atoms with Gasteiger partial charge in [0.05, 0.1) is 0 Å². The van der Waals surface area contributed by atoms with E-state index in [0.29, 0.717) is 22.6 Å². The van der Waals surface area contributed by atoms with E-state index in [0.717, 1.165) is 24.3 Å². The van der Waals surface area contributed by atoms with Crippen LogP contribution >= 0.6 is 15.9 Å². The van der Waals surface area contributed by atoms with Crippen molar-refractivity contribution < 1.29 is 4.79 Å². The first-order valence-electron chi connectivity index (χ1n) is 7.97. The van der Waals surface area contributed by atoms with Gasteiger partial charge in [0.2, 0.25) is 0 Å². The average molecular weight is 374 g/mol. The lowest BCUT2D eigenvalue weighted by Gasteiger charge is -2.34. The number of Topliss-reactive ketones (excluding diaryl/α,β-unsaturated/α-hetero) is 1. The third-order valence-electron chi connectivity index (χ3n) is 4.23. The molecule has 1 fully saturated rings. The summed E-state index contributed by atoms with van der Waals surface area (Å²) in [6.07, 6.45) is 6.42. The molecule has 3 rings (SSSR count). The van der Waals surface area contributed by atoms with Crippen LogP contribution in [0.25, 0.3) is 0 Å². The molecule has 0 aromatic carbocycles. The standard InChI is InChI=1S/C18H20BrN3O/c1-13-4-3-9-22(12-13)16-7-8-20-11-14(16)10-17(23)15-5-2-6-18(19)21-15/h2,5-8,11,13H,3-4,9-10,12H2,1H3/t13-/m0/s1. The zero-order valence-electron chi connectivity index (χ0n) is 13.2. The molecule has 3 heterocycles. The Hall–Kier alpha value is -1.75. The highest BCUT2D eigenvalue weighted by atomic mass is 79.9. The number of halogens is 1. The highest BCUT2D eigenvalue weighted by Crippen LogP contribution is 2.26. The molecule has 2 aromatic heterocycles. The Balaban J connectivity index is 1.81. The molecule has 1 saturated heterocycles. The molecule has 0 saturated carbocycles. The number of piperidine rings is 1. The summed E-state index contributed by atoms with van der Waals surface area (Å²) in [6.45, 7) is 4.37. The van der Waals surface area contributed by atoms with Crippen molar-refractivity contribution in [2.75, 3.05) is 18.0 Å². The second-order valence-electron chi connectivity index (χ2n) is 6.14. The smallest absolute Gasteiger partial charge is 0.185 e. The lowest BCUT2D eigenvalue weighted by atomic mass is 9.98. The van der Waals surface area contributed by atoms with Gasteiger partial charge in [-0.25, -0.2) is 4.98 Å². The second kappa shape index (κ2) is 7.21. The van der Waals surface area contributed by atoms with Crippen LogP contribution in [0, 0.1) is 5.92 Å². The van der Waals surface area contributed by atoms with E-state index in [-0.39, 0.29) is 5.78 Å². The van der Waals surface area contributed by atoms with Crippen LogP contribution in [-0.2, 0) is 6.42 Å². The number of hydrogen-bond acceptors (Lipinski definition) is 4. The monoisotopic (exact) mass is 373 g/mol. The Morgan fingerprint density at radius 2 is 2.26 bits per heavy atom. The number of nitrogens with zero attached hydrogens (tertiary/aromatic N) is 3. The molecule has 120 valence electrons. The fourth-order valence-corrected chi connectivity index (χ4v) is 3.44. The fraction of sp³-hybridized carbons (Fsp3) is 0.389. The van der Waals surface area contributed by atoms with Crippen molar-refractivity contribution in [2.45, 2.75) is 26.2 Å². The topological polar surface area (TPSA) is 46.1 Å². The zero-order valence-corrected chi connectivity index (χ0v) is 14.8. The van der Waals surface area contributed by atoms with Crippen molar-refractivity contribution in [3.8, 4) is 0 Å². The third-order valence-corrected chi connectivity index (χ3v) is 4.67. The average Bonchev–Trinajstić information content (AvgIpc) is 2.55. The van der Waals surface area contributed by atoms with Crippen LogP contribution in [0.15, 0.2) is 41.3 Å². The molecular formula is C18H20BrN3O. The third kappa shape index (κ3) is 3.96. The predicted octanol–water partition coefficient (Wildman–Crippen LogP) is 3.90. The second-order valence-corrected chi connectivity index (χ2v) is 6.96. The van der Waals surface area contributed by atoms with Gasteiger partial charge in [-0.15, -0.1) is 0 Å². The summed E-state index contributed by atoms with van der Waals surface area (Å²) in [5.41, 5.74) is 2.60. The lowest BCUT2D eigenvalue weighted by Crippen LogP contribution is -2.35.